The molecule has 1 fully saturated rings. The number of hydrogen-bond acceptors (Lipinski definition) is 4. The summed E-state index contributed by atoms with van der Waals surface area (Å²) in [5.74, 6) is -0.479. The number of aliphatic carboxylic acids is 1. The fraction of sp³-hybridized carbons (Fsp3) is 0.857. The molecule has 1 heterocycles. The predicted molar refractivity (Wildman–Crippen MR) is 73.6 cm³/mol. The van der Waals surface area contributed by atoms with Gasteiger partial charge in [-0.3, -0.25) is 4.79 Å². The van der Waals surface area contributed by atoms with Crippen molar-refractivity contribution >= 4 is 12.1 Å². The van der Waals surface area contributed by atoms with Crippen LogP contribution in [0.2, 0.25) is 0 Å². The zero-order valence-electron chi connectivity index (χ0n) is 12.5. The molecule has 0 aromatic rings. The highest BCUT2D eigenvalue weighted by Crippen LogP contribution is 2.20. The highest BCUT2D eigenvalue weighted by Gasteiger charge is 2.24. The lowest BCUT2D eigenvalue weighted by Crippen LogP contribution is -2.40. The first kappa shape index (κ1) is 16.8. The van der Waals surface area contributed by atoms with Crippen LogP contribution in [-0.2, 0) is 14.3 Å². The first-order valence-electron chi connectivity index (χ1n) is 7.05. The number of alkyl carbamates (subject to hydrolysis) is 1. The van der Waals surface area contributed by atoms with Gasteiger partial charge in [-0.1, -0.05) is 0 Å². The molecule has 2 N–H and O–H groups in total. The van der Waals surface area contributed by atoms with Crippen molar-refractivity contribution in [2.24, 2.45) is 5.92 Å². The number of nitrogens with one attached hydrogen (secondary N) is 1. The molecular weight excluding hydrogens is 262 g/mol. The van der Waals surface area contributed by atoms with E-state index in [-0.39, 0.29) is 12.5 Å². The van der Waals surface area contributed by atoms with E-state index in [1.807, 2.05) is 0 Å². The predicted octanol–water partition coefficient (Wildman–Crippen LogP) is 2.17. The summed E-state index contributed by atoms with van der Waals surface area (Å²) in [5.41, 5.74) is -0.558. The second kappa shape index (κ2) is 7.47. The molecule has 20 heavy (non-hydrogen) atoms. The lowest BCUT2D eigenvalue weighted by Gasteiger charge is -2.24. The van der Waals surface area contributed by atoms with Crippen LogP contribution in [0.3, 0.4) is 0 Å². The molecule has 6 heteroatoms. The molecule has 2 unspecified atom stereocenters. The van der Waals surface area contributed by atoms with Crippen LogP contribution in [0, 0.1) is 5.92 Å². The van der Waals surface area contributed by atoms with Crippen molar-refractivity contribution in [3.63, 3.8) is 0 Å². The van der Waals surface area contributed by atoms with Gasteiger partial charge in [-0.05, 0) is 46.0 Å². The van der Waals surface area contributed by atoms with Gasteiger partial charge in [0.15, 0.2) is 0 Å². The van der Waals surface area contributed by atoms with E-state index in [0.717, 1.165) is 19.4 Å². The van der Waals surface area contributed by atoms with E-state index >= 15 is 0 Å². The van der Waals surface area contributed by atoms with E-state index in [1.165, 1.54) is 0 Å². The Hall–Kier alpha value is -1.30. The number of amides is 1. The third-order valence-electron chi connectivity index (χ3n) is 3.07. The third kappa shape index (κ3) is 7.33. The van der Waals surface area contributed by atoms with Crippen molar-refractivity contribution in [1.29, 1.82) is 0 Å². The molecule has 0 aliphatic carbocycles. The van der Waals surface area contributed by atoms with E-state index < -0.39 is 17.7 Å². The summed E-state index contributed by atoms with van der Waals surface area (Å²) in [4.78, 5) is 22.5. The molecule has 1 aliphatic rings. The summed E-state index contributed by atoms with van der Waals surface area (Å²) in [6.45, 7) is 6.80. The Morgan fingerprint density at radius 3 is 2.65 bits per heavy atom. The van der Waals surface area contributed by atoms with Crippen LogP contribution >= 0.6 is 0 Å². The molecule has 0 aromatic heterocycles. The van der Waals surface area contributed by atoms with Crippen LogP contribution < -0.4 is 5.32 Å². The Balaban J connectivity index is 2.47. The molecule has 0 saturated carbocycles. The average Bonchev–Trinajstić information content (AvgIpc) is 2.75. The number of carbonyl (C=O) groups is 2. The number of ether oxygens (including phenoxy) is 2. The molecule has 0 radical (unpaired) electrons. The third-order valence-corrected chi connectivity index (χ3v) is 3.07. The standard InChI is InChI=1S/C14H25NO5/c1-14(2,3)20-13(18)15-11(4-5-12(16)17)8-10-6-7-19-9-10/h10-11H,4-9H2,1-3H3,(H,15,18)(H,16,17). The number of carbonyl (C=O) groups excluding carboxylic acids is 1. The zero-order chi connectivity index (χ0) is 15.2. The van der Waals surface area contributed by atoms with E-state index in [9.17, 15) is 9.59 Å². The Morgan fingerprint density at radius 2 is 2.15 bits per heavy atom. The molecule has 1 saturated heterocycles. The lowest BCUT2D eigenvalue weighted by molar-refractivity contribution is -0.137. The van der Waals surface area contributed by atoms with Gasteiger partial charge >= 0.3 is 12.1 Å². The van der Waals surface area contributed by atoms with E-state index in [4.69, 9.17) is 14.6 Å². The number of hydrogen-bond donors (Lipinski definition) is 2. The summed E-state index contributed by atoms with van der Waals surface area (Å²) < 4.78 is 10.5. The van der Waals surface area contributed by atoms with Gasteiger partial charge in [0, 0.05) is 25.7 Å². The maximum atomic E-state index is 11.8. The minimum Gasteiger partial charge on any atom is -0.481 e. The molecule has 1 amide bonds. The second-order valence-electron chi connectivity index (χ2n) is 6.24. The van der Waals surface area contributed by atoms with Gasteiger partial charge in [0.05, 0.1) is 0 Å². The van der Waals surface area contributed by atoms with Crippen LogP contribution in [-0.4, -0.2) is 42.0 Å². The topological polar surface area (TPSA) is 84.9 Å². The van der Waals surface area contributed by atoms with Crippen LogP contribution in [0.15, 0.2) is 0 Å². The first-order chi connectivity index (χ1) is 9.26. The van der Waals surface area contributed by atoms with E-state index in [1.54, 1.807) is 20.8 Å². The first-order valence-corrected chi connectivity index (χ1v) is 7.05. The zero-order valence-corrected chi connectivity index (χ0v) is 12.5. The highest BCUT2D eigenvalue weighted by molar-refractivity contribution is 5.69. The maximum Gasteiger partial charge on any atom is 0.407 e. The Kier molecular flexibility index (Phi) is 6.26. The Labute approximate surface area is 119 Å². The molecule has 0 bridgehead atoms. The van der Waals surface area contributed by atoms with Crippen molar-refractivity contribution in [1.82, 2.24) is 5.32 Å². The van der Waals surface area contributed by atoms with Gasteiger partial charge in [-0.15, -0.1) is 0 Å². The molecule has 1 rings (SSSR count). The van der Waals surface area contributed by atoms with Crippen LogP contribution in [0.5, 0.6) is 0 Å². The Morgan fingerprint density at radius 1 is 1.45 bits per heavy atom. The molecule has 6 nitrogen and oxygen atoms in total. The summed E-state index contributed by atoms with van der Waals surface area (Å²) in [5, 5.41) is 11.6. The van der Waals surface area contributed by atoms with Crippen LogP contribution in [0.4, 0.5) is 4.79 Å². The van der Waals surface area contributed by atoms with Crippen molar-refractivity contribution in [3.8, 4) is 0 Å². The van der Waals surface area contributed by atoms with Gasteiger partial charge in [-0.2, -0.15) is 0 Å². The molecular formula is C14H25NO5. The van der Waals surface area contributed by atoms with Crippen LogP contribution in [0.25, 0.3) is 0 Å². The van der Waals surface area contributed by atoms with Gasteiger partial charge in [0.25, 0.3) is 0 Å². The normalized spacial score (nSPS) is 20.4. The lowest BCUT2D eigenvalue weighted by atomic mass is 9.96. The van der Waals surface area contributed by atoms with Crippen molar-refractivity contribution in [2.45, 2.75) is 58.1 Å². The van der Waals surface area contributed by atoms with E-state index in [2.05, 4.69) is 5.32 Å². The minimum atomic E-state index is -0.858. The minimum absolute atomic E-state index is 0.0358. The monoisotopic (exact) mass is 287 g/mol. The van der Waals surface area contributed by atoms with Gasteiger partial charge < -0.3 is 19.9 Å². The second-order valence-corrected chi connectivity index (χ2v) is 6.24. The van der Waals surface area contributed by atoms with Gasteiger partial charge in [-0.25, -0.2) is 4.79 Å². The summed E-state index contributed by atoms with van der Waals surface area (Å²) >= 11 is 0. The quantitative estimate of drug-likeness (QED) is 0.782. The molecule has 1 aliphatic heterocycles. The van der Waals surface area contributed by atoms with Gasteiger partial charge in [0.1, 0.15) is 5.60 Å². The van der Waals surface area contributed by atoms with Crippen molar-refractivity contribution < 1.29 is 24.2 Å². The number of rotatable bonds is 6. The van der Waals surface area contributed by atoms with Crippen LogP contribution in [0.1, 0.15) is 46.5 Å². The van der Waals surface area contributed by atoms with E-state index in [0.29, 0.717) is 18.9 Å². The largest absolute Gasteiger partial charge is 0.481 e. The summed E-state index contributed by atoms with van der Waals surface area (Å²) in [7, 11) is 0. The maximum absolute atomic E-state index is 11.8. The molecule has 0 spiro atoms. The molecule has 0 aromatic carbocycles. The molecule has 2 atom stereocenters. The summed E-state index contributed by atoms with van der Waals surface area (Å²) in [6, 6.07) is -0.187. The smallest absolute Gasteiger partial charge is 0.407 e. The van der Waals surface area contributed by atoms with Crippen molar-refractivity contribution in [2.75, 3.05) is 13.2 Å². The van der Waals surface area contributed by atoms with Gasteiger partial charge in [0.2, 0.25) is 0 Å². The highest BCUT2D eigenvalue weighted by atomic mass is 16.6. The SMILES string of the molecule is CC(C)(C)OC(=O)NC(CCC(=O)O)CC1CCOC1. The number of carboxylic acids is 1. The summed E-state index contributed by atoms with van der Waals surface area (Å²) in [6.07, 6.45) is 1.64. The fourth-order valence-corrected chi connectivity index (χ4v) is 2.19. The fourth-order valence-electron chi connectivity index (χ4n) is 2.19. The van der Waals surface area contributed by atoms with Crippen molar-refractivity contribution in [3.05, 3.63) is 0 Å². The number of carboxylic acid groups (broad SMARTS) is 1. The Bertz CT molecular complexity index is 331. The average molecular weight is 287 g/mol. The molecule has 116 valence electrons.